The minimum Gasteiger partial charge on any atom is -0.461 e. The molecular weight excluding hydrogens is 343 g/mol. The average molecular weight is 357 g/mol. The van der Waals surface area contributed by atoms with E-state index in [9.17, 15) is 22.8 Å². The second kappa shape index (κ2) is 7.96. The minimum absolute atomic E-state index is 0.0173. The molecule has 0 aliphatic rings. The molecular formula is C16H14F3NO3S. The van der Waals surface area contributed by atoms with E-state index in [2.05, 4.69) is 5.32 Å². The van der Waals surface area contributed by atoms with E-state index in [4.69, 9.17) is 4.74 Å². The number of thiophene rings is 1. The fourth-order valence-electron chi connectivity index (χ4n) is 1.80. The van der Waals surface area contributed by atoms with E-state index in [1.165, 1.54) is 23.5 Å². The number of carbonyl (C=O) groups excluding carboxylic acids is 2. The summed E-state index contributed by atoms with van der Waals surface area (Å²) in [6, 6.07) is 6.06. The summed E-state index contributed by atoms with van der Waals surface area (Å²) in [7, 11) is 0. The van der Waals surface area contributed by atoms with Crippen molar-refractivity contribution in [3.05, 3.63) is 57.8 Å². The van der Waals surface area contributed by atoms with E-state index in [1.54, 1.807) is 16.8 Å². The van der Waals surface area contributed by atoms with Crippen LogP contribution in [-0.2, 0) is 22.3 Å². The normalized spacial score (nSPS) is 11.1. The number of carbonyl (C=O) groups is 2. The van der Waals surface area contributed by atoms with Crippen LogP contribution in [0, 0.1) is 0 Å². The van der Waals surface area contributed by atoms with Crippen LogP contribution in [0.25, 0.3) is 0 Å². The standard InChI is InChI=1S/C16H14F3NO3S/c17-16(18,19)13-3-1-11(2-4-13)9-23-14(21)5-7-20-15(22)12-6-8-24-10-12/h1-4,6,8,10H,5,7,9H2,(H,20,22). The van der Waals surface area contributed by atoms with Crippen LogP contribution >= 0.6 is 11.3 Å². The van der Waals surface area contributed by atoms with Gasteiger partial charge in [0.15, 0.2) is 0 Å². The molecule has 1 aromatic heterocycles. The number of esters is 1. The van der Waals surface area contributed by atoms with Gasteiger partial charge < -0.3 is 10.1 Å². The molecule has 2 aromatic rings. The number of alkyl halides is 3. The topological polar surface area (TPSA) is 55.4 Å². The van der Waals surface area contributed by atoms with Gasteiger partial charge in [-0.1, -0.05) is 12.1 Å². The van der Waals surface area contributed by atoms with Gasteiger partial charge in [0.05, 0.1) is 12.0 Å². The molecule has 4 nitrogen and oxygen atoms in total. The second-order valence-electron chi connectivity index (χ2n) is 4.87. The van der Waals surface area contributed by atoms with Crippen molar-refractivity contribution in [2.45, 2.75) is 19.2 Å². The number of amides is 1. The van der Waals surface area contributed by atoms with Gasteiger partial charge in [-0.05, 0) is 29.1 Å². The first kappa shape index (κ1) is 18.0. The molecule has 0 saturated carbocycles. The Morgan fingerprint density at radius 1 is 1.12 bits per heavy atom. The number of rotatable bonds is 6. The van der Waals surface area contributed by atoms with Crippen molar-refractivity contribution in [1.29, 1.82) is 0 Å². The van der Waals surface area contributed by atoms with E-state index in [0.717, 1.165) is 12.1 Å². The molecule has 128 valence electrons. The van der Waals surface area contributed by atoms with Crippen molar-refractivity contribution < 1.29 is 27.5 Å². The smallest absolute Gasteiger partial charge is 0.416 e. The van der Waals surface area contributed by atoms with Crippen molar-refractivity contribution >= 4 is 23.2 Å². The maximum Gasteiger partial charge on any atom is 0.416 e. The maximum atomic E-state index is 12.4. The summed E-state index contributed by atoms with van der Waals surface area (Å²) in [5.41, 5.74) is 0.227. The second-order valence-corrected chi connectivity index (χ2v) is 5.65. The Morgan fingerprint density at radius 2 is 1.83 bits per heavy atom. The molecule has 1 amide bonds. The number of ether oxygens (including phenoxy) is 1. The zero-order valence-electron chi connectivity index (χ0n) is 12.4. The number of nitrogens with one attached hydrogen (secondary N) is 1. The van der Waals surface area contributed by atoms with Crippen LogP contribution in [-0.4, -0.2) is 18.4 Å². The van der Waals surface area contributed by atoms with Gasteiger partial charge in [0.25, 0.3) is 5.91 Å². The van der Waals surface area contributed by atoms with E-state index >= 15 is 0 Å². The molecule has 1 heterocycles. The van der Waals surface area contributed by atoms with Gasteiger partial charge >= 0.3 is 12.1 Å². The van der Waals surface area contributed by atoms with Gasteiger partial charge in [-0.15, -0.1) is 0 Å². The largest absolute Gasteiger partial charge is 0.461 e. The molecule has 0 unspecified atom stereocenters. The SMILES string of the molecule is O=C(CCNC(=O)c1ccsc1)OCc1ccc(C(F)(F)F)cc1. The first-order valence-electron chi connectivity index (χ1n) is 6.98. The van der Waals surface area contributed by atoms with E-state index in [-0.39, 0.29) is 25.5 Å². The fraction of sp³-hybridized carbons (Fsp3) is 0.250. The maximum absolute atomic E-state index is 12.4. The van der Waals surface area contributed by atoms with Crippen LogP contribution in [0.4, 0.5) is 13.2 Å². The first-order chi connectivity index (χ1) is 11.4. The summed E-state index contributed by atoms with van der Waals surface area (Å²) in [5.74, 6) is -0.813. The molecule has 0 fully saturated rings. The molecule has 1 aromatic carbocycles. The lowest BCUT2D eigenvalue weighted by molar-refractivity contribution is -0.145. The van der Waals surface area contributed by atoms with E-state index < -0.39 is 17.7 Å². The quantitative estimate of drug-likeness (QED) is 0.803. The Bertz CT molecular complexity index is 682. The summed E-state index contributed by atoms with van der Waals surface area (Å²) in [5, 5.41) is 6.04. The zero-order valence-corrected chi connectivity index (χ0v) is 13.2. The van der Waals surface area contributed by atoms with Crippen LogP contribution in [0.1, 0.15) is 27.9 Å². The van der Waals surface area contributed by atoms with Crippen molar-refractivity contribution in [2.24, 2.45) is 0 Å². The molecule has 0 spiro atoms. The third-order valence-electron chi connectivity index (χ3n) is 3.08. The van der Waals surface area contributed by atoms with Gasteiger partial charge in [0.1, 0.15) is 6.61 Å². The Morgan fingerprint density at radius 3 is 2.42 bits per heavy atom. The van der Waals surface area contributed by atoms with E-state index in [1.807, 2.05) is 0 Å². The fourth-order valence-corrected chi connectivity index (χ4v) is 2.44. The molecule has 0 aliphatic carbocycles. The van der Waals surface area contributed by atoms with Crippen molar-refractivity contribution in [3.8, 4) is 0 Å². The van der Waals surface area contributed by atoms with Crippen LogP contribution in [0.15, 0.2) is 41.1 Å². The minimum atomic E-state index is -4.39. The molecule has 0 aliphatic heterocycles. The van der Waals surface area contributed by atoms with Gasteiger partial charge in [-0.3, -0.25) is 9.59 Å². The van der Waals surface area contributed by atoms with Gasteiger partial charge in [0.2, 0.25) is 0 Å². The van der Waals surface area contributed by atoms with Crippen molar-refractivity contribution in [1.82, 2.24) is 5.32 Å². The number of hydrogen-bond acceptors (Lipinski definition) is 4. The summed E-state index contributed by atoms with van der Waals surface area (Å²) >= 11 is 1.39. The average Bonchev–Trinajstić information content (AvgIpc) is 3.07. The molecule has 0 bridgehead atoms. The number of benzene rings is 1. The van der Waals surface area contributed by atoms with E-state index in [0.29, 0.717) is 11.1 Å². The third-order valence-corrected chi connectivity index (χ3v) is 3.76. The van der Waals surface area contributed by atoms with Crippen LogP contribution in [0.2, 0.25) is 0 Å². The predicted molar refractivity (Wildman–Crippen MR) is 82.5 cm³/mol. The Hall–Kier alpha value is -2.35. The van der Waals surface area contributed by atoms with Gasteiger partial charge in [-0.25, -0.2) is 0 Å². The summed E-state index contributed by atoms with van der Waals surface area (Å²) in [6.07, 6.45) is -4.41. The van der Waals surface area contributed by atoms with Gasteiger partial charge in [0, 0.05) is 17.5 Å². The Balaban J connectivity index is 1.70. The highest BCUT2D eigenvalue weighted by Crippen LogP contribution is 2.29. The van der Waals surface area contributed by atoms with Crippen LogP contribution in [0.3, 0.4) is 0 Å². The molecule has 0 saturated heterocycles. The summed E-state index contributed by atoms with van der Waals surface area (Å²) in [4.78, 5) is 23.2. The Kier molecular flexibility index (Phi) is 5.97. The molecule has 1 N–H and O–H groups in total. The van der Waals surface area contributed by atoms with Gasteiger partial charge in [-0.2, -0.15) is 24.5 Å². The predicted octanol–water partition coefficient (Wildman–Crippen LogP) is 3.63. The van der Waals surface area contributed by atoms with Crippen molar-refractivity contribution in [3.63, 3.8) is 0 Å². The highest BCUT2D eigenvalue weighted by Gasteiger charge is 2.29. The lowest BCUT2D eigenvalue weighted by Crippen LogP contribution is -2.26. The zero-order chi connectivity index (χ0) is 17.6. The third kappa shape index (κ3) is 5.38. The summed E-state index contributed by atoms with van der Waals surface area (Å²) < 4.78 is 42.2. The molecule has 8 heteroatoms. The van der Waals surface area contributed by atoms with Crippen LogP contribution in [0.5, 0.6) is 0 Å². The Labute approximate surface area is 140 Å². The lowest BCUT2D eigenvalue weighted by atomic mass is 10.1. The molecule has 2 rings (SSSR count). The molecule has 0 radical (unpaired) electrons. The first-order valence-corrected chi connectivity index (χ1v) is 7.92. The molecule has 24 heavy (non-hydrogen) atoms. The van der Waals surface area contributed by atoms with Crippen molar-refractivity contribution in [2.75, 3.05) is 6.54 Å². The number of hydrogen-bond donors (Lipinski definition) is 1. The highest BCUT2D eigenvalue weighted by atomic mass is 32.1. The monoisotopic (exact) mass is 357 g/mol. The number of halogens is 3. The highest BCUT2D eigenvalue weighted by molar-refractivity contribution is 7.08. The molecule has 0 atom stereocenters. The lowest BCUT2D eigenvalue weighted by Gasteiger charge is -2.08. The summed E-state index contributed by atoms with van der Waals surface area (Å²) in [6.45, 7) is 0.00989. The van der Waals surface area contributed by atoms with Crippen LogP contribution < -0.4 is 5.32 Å².